The topological polar surface area (TPSA) is 80.0 Å². The van der Waals surface area contributed by atoms with E-state index in [0.29, 0.717) is 24.0 Å². The fourth-order valence-corrected chi connectivity index (χ4v) is 3.06. The predicted octanol–water partition coefficient (Wildman–Crippen LogP) is 3.06. The van der Waals surface area contributed by atoms with Gasteiger partial charge in [0.25, 0.3) is 0 Å². The molecule has 6 nitrogen and oxygen atoms in total. The number of aliphatic carboxylic acids is 1. The number of carbonyl (C=O) groups is 1. The van der Waals surface area contributed by atoms with Crippen molar-refractivity contribution in [3.63, 3.8) is 0 Å². The van der Waals surface area contributed by atoms with Crippen molar-refractivity contribution in [2.75, 3.05) is 5.32 Å². The summed E-state index contributed by atoms with van der Waals surface area (Å²) in [4.78, 5) is 16.5. The Bertz CT molecular complexity index is 611. The molecule has 2 rings (SSSR count). The summed E-state index contributed by atoms with van der Waals surface area (Å²) in [6, 6.07) is -0.608. The molecule has 0 spiro atoms. The highest BCUT2D eigenvalue weighted by Crippen LogP contribution is 2.21. The van der Waals surface area contributed by atoms with Crippen LogP contribution >= 0.6 is 27.3 Å². The maximum absolute atomic E-state index is 11.2. The van der Waals surface area contributed by atoms with Crippen LogP contribution in [0.3, 0.4) is 0 Å². The zero-order valence-electron chi connectivity index (χ0n) is 11.8. The van der Waals surface area contributed by atoms with Crippen LogP contribution in [0.25, 0.3) is 0 Å². The Balaban J connectivity index is 2.00. The number of rotatable bonds is 7. The zero-order valence-corrected chi connectivity index (χ0v) is 14.2. The van der Waals surface area contributed by atoms with E-state index in [9.17, 15) is 9.90 Å². The van der Waals surface area contributed by atoms with Crippen LogP contribution < -0.4 is 5.32 Å². The van der Waals surface area contributed by atoms with Crippen molar-refractivity contribution in [1.82, 2.24) is 14.8 Å². The van der Waals surface area contributed by atoms with Crippen LogP contribution in [0.2, 0.25) is 0 Å². The van der Waals surface area contributed by atoms with E-state index in [1.807, 2.05) is 20.0 Å². The molecule has 21 heavy (non-hydrogen) atoms. The van der Waals surface area contributed by atoms with Gasteiger partial charge in [0.2, 0.25) is 0 Å². The second-order valence-corrected chi connectivity index (χ2v) is 7.18. The molecule has 0 saturated carbocycles. The standard InChI is InChI=1S/C13H17BrN4O2S/c1-8(2)3-11(12(19)20)17-13-15-5-10(21-13)7-18-6-9(14)4-16-18/h4-6,8,11H,3,7H2,1-2H3,(H,15,17)(H,19,20)/t11-/m0/s1. The van der Waals surface area contributed by atoms with Crippen molar-refractivity contribution in [3.8, 4) is 0 Å². The second kappa shape index (κ2) is 7.04. The van der Waals surface area contributed by atoms with Crippen LogP contribution in [0.4, 0.5) is 5.13 Å². The second-order valence-electron chi connectivity index (χ2n) is 5.15. The van der Waals surface area contributed by atoms with Gasteiger partial charge in [0.05, 0.1) is 17.2 Å². The lowest BCUT2D eigenvalue weighted by Gasteiger charge is -2.15. The number of thiazole rings is 1. The molecular formula is C13H17BrN4O2S. The van der Waals surface area contributed by atoms with Gasteiger partial charge in [-0.1, -0.05) is 13.8 Å². The molecule has 2 N–H and O–H groups in total. The number of nitrogens with one attached hydrogen (secondary N) is 1. The molecule has 0 fully saturated rings. The van der Waals surface area contributed by atoms with Crippen LogP contribution in [0.5, 0.6) is 0 Å². The van der Waals surface area contributed by atoms with Crippen molar-refractivity contribution in [3.05, 3.63) is 27.9 Å². The van der Waals surface area contributed by atoms with Crippen LogP contribution in [-0.4, -0.2) is 31.9 Å². The smallest absolute Gasteiger partial charge is 0.326 e. The van der Waals surface area contributed by atoms with Crippen LogP contribution in [0.15, 0.2) is 23.1 Å². The maximum Gasteiger partial charge on any atom is 0.326 e. The molecule has 0 amide bonds. The number of hydrogen-bond donors (Lipinski definition) is 2. The number of hydrogen-bond acceptors (Lipinski definition) is 5. The van der Waals surface area contributed by atoms with E-state index in [4.69, 9.17) is 0 Å². The molecule has 0 bridgehead atoms. The van der Waals surface area contributed by atoms with Gasteiger partial charge in [0.15, 0.2) is 5.13 Å². The Labute approximate surface area is 135 Å². The first-order valence-electron chi connectivity index (χ1n) is 6.56. The molecule has 114 valence electrons. The molecule has 2 aromatic rings. The number of carboxylic acids is 1. The van der Waals surface area contributed by atoms with Crippen molar-refractivity contribution >= 4 is 38.4 Å². The quantitative estimate of drug-likeness (QED) is 0.780. The predicted molar refractivity (Wildman–Crippen MR) is 85.6 cm³/mol. The van der Waals surface area contributed by atoms with Gasteiger partial charge >= 0.3 is 5.97 Å². The Morgan fingerprint density at radius 2 is 2.29 bits per heavy atom. The van der Waals surface area contributed by atoms with Gasteiger partial charge < -0.3 is 10.4 Å². The number of anilines is 1. The van der Waals surface area contributed by atoms with E-state index in [-0.39, 0.29) is 0 Å². The first-order valence-corrected chi connectivity index (χ1v) is 8.17. The number of nitrogens with zero attached hydrogens (tertiary/aromatic N) is 3. The van der Waals surface area contributed by atoms with Crippen LogP contribution in [-0.2, 0) is 11.3 Å². The molecule has 0 aliphatic heterocycles. The summed E-state index contributed by atoms with van der Waals surface area (Å²) in [5.41, 5.74) is 0. The average Bonchev–Trinajstić information content (AvgIpc) is 2.98. The highest BCUT2D eigenvalue weighted by atomic mass is 79.9. The summed E-state index contributed by atoms with van der Waals surface area (Å²) < 4.78 is 2.72. The van der Waals surface area contributed by atoms with Crippen molar-refractivity contribution in [1.29, 1.82) is 0 Å². The monoisotopic (exact) mass is 372 g/mol. The van der Waals surface area contributed by atoms with E-state index >= 15 is 0 Å². The SMILES string of the molecule is CC(C)C[C@H](Nc1ncc(Cn2cc(Br)cn2)s1)C(=O)O. The minimum Gasteiger partial charge on any atom is -0.480 e. The van der Waals surface area contributed by atoms with E-state index < -0.39 is 12.0 Å². The molecule has 8 heteroatoms. The zero-order chi connectivity index (χ0) is 15.4. The van der Waals surface area contributed by atoms with Crippen LogP contribution in [0.1, 0.15) is 25.1 Å². The lowest BCUT2D eigenvalue weighted by atomic mass is 10.0. The minimum absolute atomic E-state index is 0.305. The Morgan fingerprint density at radius 3 is 2.86 bits per heavy atom. The highest BCUT2D eigenvalue weighted by molar-refractivity contribution is 9.10. The van der Waals surface area contributed by atoms with Gasteiger partial charge in [-0.25, -0.2) is 9.78 Å². The molecule has 2 aromatic heterocycles. The van der Waals surface area contributed by atoms with Gasteiger partial charge in [0.1, 0.15) is 6.04 Å². The van der Waals surface area contributed by atoms with Crippen molar-refractivity contribution < 1.29 is 9.90 Å². The third-order valence-electron chi connectivity index (χ3n) is 2.78. The van der Waals surface area contributed by atoms with Gasteiger partial charge in [-0.3, -0.25) is 4.68 Å². The fraction of sp³-hybridized carbons (Fsp3) is 0.462. The Kier molecular flexibility index (Phi) is 5.35. The summed E-state index contributed by atoms with van der Waals surface area (Å²) in [6.45, 7) is 4.62. The van der Waals surface area contributed by atoms with Gasteiger partial charge in [-0.15, -0.1) is 11.3 Å². The number of aromatic nitrogens is 3. The lowest BCUT2D eigenvalue weighted by Crippen LogP contribution is -2.30. The molecule has 0 radical (unpaired) electrons. The summed E-state index contributed by atoms with van der Waals surface area (Å²) >= 11 is 4.80. The van der Waals surface area contributed by atoms with E-state index in [1.165, 1.54) is 11.3 Å². The van der Waals surface area contributed by atoms with Crippen molar-refractivity contribution in [2.24, 2.45) is 5.92 Å². The summed E-state index contributed by atoms with van der Waals surface area (Å²) in [6.07, 6.45) is 5.92. The normalized spacial score (nSPS) is 12.6. The van der Waals surface area contributed by atoms with E-state index in [0.717, 1.165) is 9.35 Å². The van der Waals surface area contributed by atoms with Crippen molar-refractivity contribution in [2.45, 2.75) is 32.9 Å². The molecule has 0 aliphatic carbocycles. The third-order valence-corrected chi connectivity index (χ3v) is 4.10. The molecule has 0 saturated heterocycles. The third kappa shape index (κ3) is 4.82. The minimum atomic E-state index is -0.851. The first-order chi connectivity index (χ1) is 9.94. The maximum atomic E-state index is 11.2. The molecule has 0 aliphatic rings. The van der Waals surface area contributed by atoms with Gasteiger partial charge in [-0.05, 0) is 28.3 Å². The number of carboxylic acid groups (broad SMARTS) is 1. The summed E-state index contributed by atoms with van der Waals surface area (Å²) in [5.74, 6) is -0.545. The highest BCUT2D eigenvalue weighted by Gasteiger charge is 2.19. The Morgan fingerprint density at radius 1 is 1.52 bits per heavy atom. The Hall–Kier alpha value is -1.41. The summed E-state index contributed by atoms with van der Waals surface area (Å²) in [7, 11) is 0. The molecule has 0 aromatic carbocycles. The van der Waals surface area contributed by atoms with Gasteiger partial charge in [0, 0.05) is 17.3 Å². The molecule has 0 unspecified atom stereocenters. The summed E-state index contributed by atoms with van der Waals surface area (Å²) in [5, 5.41) is 17.0. The first kappa shape index (κ1) is 16.0. The van der Waals surface area contributed by atoms with Gasteiger partial charge in [-0.2, -0.15) is 5.10 Å². The lowest BCUT2D eigenvalue weighted by molar-refractivity contribution is -0.138. The molecule has 2 heterocycles. The van der Waals surface area contributed by atoms with Crippen LogP contribution in [0, 0.1) is 5.92 Å². The van der Waals surface area contributed by atoms with E-state index in [1.54, 1.807) is 17.1 Å². The molecular weight excluding hydrogens is 356 g/mol. The van der Waals surface area contributed by atoms with E-state index in [2.05, 4.69) is 31.3 Å². The average molecular weight is 373 g/mol. The molecule has 1 atom stereocenters. The largest absolute Gasteiger partial charge is 0.480 e. The number of halogens is 1. The fourth-order valence-electron chi connectivity index (χ4n) is 1.87.